The first-order valence-electron chi connectivity index (χ1n) is 6.94. The number of hydrogen-bond donors (Lipinski definition) is 2. The van der Waals surface area contributed by atoms with E-state index in [-0.39, 0.29) is 5.91 Å². The molecule has 0 atom stereocenters. The van der Waals surface area contributed by atoms with Crippen molar-refractivity contribution in [1.29, 1.82) is 0 Å². The Morgan fingerprint density at radius 2 is 2.10 bits per heavy atom. The van der Waals surface area contributed by atoms with Crippen molar-refractivity contribution >= 4 is 5.91 Å². The minimum Gasteiger partial charge on any atom is -0.497 e. The van der Waals surface area contributed by atoms with Crippen molar-refractivity contribution in [2.45, 2.75) is 31.8 Å². The van der Waals surface area contributed by atoms with Crippen molar-refractivity contribution in [2.75, 3.05) is 20.8 Å². The molecule has 1 aromatic rings. The van der Waals surface area contributed by atoms with Crippen LogP contribution in [0.5, 0.6) is 11.5 Å². The first kappa shape index (κ1) is 14.7. The van der Waals surface area contributed by atoms with E-state index < -0.39 is 0 Å². The predicted molar refractivity (Wildman–Crippen MR) is 77.0 cm³/mol. The molecule has 0 aromatic heterocycles. The molecule has 1 fully saturated rings. The van der Waals surface area contributed by atoms with Crippen molar-refractivity contribution in [3.8, 4) is 11.5 Å². The van der Waals surface area contributed by atoms with E-state index in [1.54, 1.807) is 14.2 Å². The van der Waals surface area contributed by atoms with E-state index in [4.69, 9.17) is 9.47 Å². The maximum Gasteiger partial charge on any atom is 0.221 e. The summed E-state index contributed by atoms with van der Waals surface area (Å²) in [7, 11) is 3.24. The number of carbonyl (C=O) groups is 1. The average Bonchev–Trinajstić information content (AvgIpc) is 3.29. The summed E-state index contributed by atoms with van der Waals surface area (Å²) in [4.78, 5) is 11.7. The number of benzene rings is 1. The molecule has 0 radical (unpaired) electrons. The summed E-state index contributed by atoms with van der Waals surface area (Å²) < 4.78 is 10.5. The number of nitrogens with one attached hydrogen (secondary N) is 2. The molecular formula is C15H22N2O3. The van der Waals surface area contributed by atoms with E-state index in [1.165, 1.54) is 12.8 Å². The van der Waals surface area contributed by atoms with Crippen molar-refractivity contribution in [3.63, 3.8) is 0 Å². The van der Waals surface area contributed by atoms with Gasteiger partial charge >= 0.3 is 0 Å². The van der Waals surface area contributed by atoms with Crippen LogP contribution < -0.4 is 20.1 Å². The third-order valence-corrected chi connectivity index (χ3v) is 3.33. The second-order valence-corrected chi connectivity index (χ2v) is 4.93. The third kappa shape index (κ3) is 4.42. The molecule has 20 heavy (non-hydrogen) atoms. The molecule has 0 aliphatic heterocycles. The number of hydrogen-bond acceptors (Lipinski definition) is 4. The van der Waals surface area contributed by atoms with Crippen LogP contribution in [0.1, 0.15) is 24.8 Å². The van der Waals surface area contributed by atoms with Crippen molar-refractivity contribution in [2.24, 2.45) is 0 Å². The molecule has 5 heteroatoms. The van der Waals surface area contributed by atoms with Gasteiger partial charge in [0, 0.05) is 31.1 Å². The molecule has 2 rings (SSSR count). The lowest BCUT2D eigenvalue weighted by atomic mass is 10.2. The highest BCUT2D eigenvalue weighted by Crippen LogP contribution is 2.23. The molecule has 0 spiro atoms. The summed E-state index contributed by atoms with van der Waals surface area (Å²) >= 11 is 0. The molecule has 1 aliphatic rings. The lowest BCUT2D eigenvalue weighted by Crippen LogP contribution is -2.28. The number of methoxy groups -OCH3 is 2. The number of rotatable bonds is 8. The molecule has 5 nitrogen and oxygen atoms in total. The van der Waals surface area contributed by atoms with E-state index in [1.807, 2.05) is 18.2 Å². The van der Waals surface area contributed by atoms with Gasteiger partial charge in [0.1, 0.15) is 11.5 Å². The maximum atomic E-state index is 11.7. The van der Waals surface area contributed by atoms with Crippen LogP contribution in [0.4, 0.5) is 0 Å². The molecule has 1 aliphatic carbocycles. The molecule has 1 saturated carbocycles. The Labute approximate surface area is 119 Å². The zero-order valence-electron chi connectivity index (χ0n) is 12.1. The second kappa shape index (κ2) is 7.14. The highest BCUT2D eigenvalue weighted by Gasteiger charge is 2.20. The zero-order valence-corrected chi connectivity index (χ0v) is 12.1. The number of carbonyl (C=O) groups excluding carboxylic acids is 1. The molecule has 0 unspecified atom stereocenters. The summed E-state index contributed by atoms with van der Waals surface area (Å²) in [6.45, 7) is 1.19. The molecule has 0 saturated heterocycles. The Morgan fingerprint density at radius 3 is 2.75 bits per heavy atom. The molecule has 2 N–H and O–H groups in total. The fourth-order valence-electron chi connectivity index (χ4n) is 1.98. The number of ether oxygens (including phenoxy) is 2. The molecule has 0 bridgehead atoms. The van der Waals surface area contributed by atoms with Crippen LogP contribution in [0.25, 0.3) is 0 Å². The van der Waals surface area contributed by atoms with Gasteiger partial charge in [-0.1, -0.05) is 0 Å². The Kier molecular flexibility index (Phi) is 5.24. The highest BCUT2D eigenvalue weighted by atomic mass is 16.5. The van der Waals surface area contributed by atoms with E-state index >= 15 is 0 Å². The largest absolute Gasteiger partial charge is 0.497 e. The summed E-state index contributed by atoms with van der Waals surface area (Å²) in [6.07, 6.45) is 2.98. The zero-order chi connectivity index (χ0) is 14.4. The summed E-state index contributed by atoms with van der Waals surface area (Å²) in [5.41, 5.74) is 0.912. The van der Waals surface area contributed by atoms with Crippen LogP contribution in [0.3, 0.4) is 0 Å². The van der Waals surface area contributed by atoms with Gasteiger partial charge in [0.05, 0.1) is 14.2 Å². The third-order valence-electron chi connectivity index (χ3n) is 3.33. The molecule has 110 valence electrons. The van der Waals surface area contributed by atoms with Gasteiger partial charge in [0.15, 0.2) is 0 Å². The van der Waals surface area contributed by atoms with Gasteiger partial charge in [-0.05, 0) is 31.0 Å². The van der Waals surface area contributed by atoms with Gasteiger partial charge in [0.2, 0.25) is 5.91 Å². The first-order valence-corrected chi connectivity index (χ1v) is 6.94. The summed E-state index contributed by atoms with van der Waals surface area (Å²) in [5, 5.41) is 6.23. The molecule has 1 aromatic carbocycles. The van der Waals surface area contributed by atoms with Crippen LogP contribution in [-0.4, -0.2) is 32.7 Å². The highest BCUT2D eigenvalue weighted by molar-refractivity contribution is 5.76. The number of amides is 1. The smallest absolute Gasteiger partial charge is 0.221 e. The van der Waals surface area contributed by atoms with Crippen LogP contribution in [-0.2, 0) is 11.3 Å². The van der Waals surface area contributed by atoms with Gasteiger partial charge in [-0.25, -0.2) is 0 Å². The quantitative estimate of drug-likeness (QED) is 0.756. The Morgan fingerprint density at radius 1 is 1.30 bits per heavy atom. The summed E-state index contributed by atoms with van der Waals surface area (Å²) in [6, 6.07) is 6.20. The average molecular weight is 278 g/mol. The molecule has 0 heterocycles. The lowest BCUT2D eigenvalue weighted by Gasteiger charge is -2.11. The monoisotopic (exact) mass is 278 g/mol. The SMILES string of the molecule is COc1ccc(OC)c(CNC(=O)CCNC2CC2)c1. The van der Waals surface area contributed by atoms with Crippen LogP contribution >= 0.6 is 0 Å². The Balaban J connectivity index is 1.80. The second-order valence-electron chi connectivity index (χ2n) is 4.93. The Bertz CT molecular complexity index is 458. The fraction of sp³-hybridized carbons (Fsp3) is 0.533. The predicted octanol–water partition coefficient (Wildman–Crippen LogP) is 1.46. The van der Waals surface area contributed by atoms with Crippen LogP contribution in [0.15, 0.2) is 18.2 Å². The molecule has 1 amide bonds. The van der Waals surface area contributed by atoms with Gasteiger partial charge in [0.25, 0.3) is 0 Å². The summed E-state index contributed by atoms with van der Waals surface area (Å²) in [5.74, 6) is 1.55. The minimum absolute atomic E-state index is 0.0445. The first-order chi connectivity index (χ1) is 9.72. The van der Waals surface area contributed by atoms with Crippen molar-refractivity contribution < 1.29 is 14.3 Å². The van der Waals surface area contributed by atoms with Crippen LogP contribution in [0.2, 0.25) is 0 Å². The fourth-order valence-corrected chi connectivity index (χ4v) is 1.98. The van der Waals surface area contributed by atoms with E-state index in [2.05, 4.69) is 10.6 Å². The van der Waals surface area contributed by atoms with Crippen molar-refractivity contribution in [1.82, 2.24) is 10.6 Å². The normalized spacial score (nSPS) is 13.9. The van der Waals surface area contributed by atoms with E-state index in [9.17, 15) is 4.79 Å². The minimum atomic E-state index is 0.0445. The lowest BCUT2D eigenvalue weighted by molar-refractivity contribution is -0.121. The topological polar surface area (TPSA) is 59.6 Å². The van der Waals surface area contributed by atoms with Gasteiger partial charge < -0.3 is 20.1 Å². The van der Waals surface area contributed by atoms with Crippen LogP contribution in [0, 0.1) is 0 Å². The standard InChI is InChI=1S/C15H22N2O3/c1-19-13-5-6-14(20-2)11(9-13)10-17-15(18)7-8-16-12-3-4-12/h5-6,9,12,16H,3-4,7-8,10H2,1-2H3,(H,17,18). The molecular weight excluding hydrogens is 256 g/mol. The Hall–Kier alpha value is -1.75. The maximum absolute atomic E-state index is 11.7. The van der Waals surface area contributed by atoms with E-state index in [0.717, 1.165) is 23.6 Å². The van der Waals surface area contributed by atoms with Gasteiger partial charge in [-0.15, -0.1) is 0 Å². The van der Waals surface area contributed by atoms with Gasteiger partial charge in [-0.2, -0.15) is 0 Å². The van der Waals surface area contributed by atoms with Crippen molar-refractivity contribution in [3.05, 3.63) is 23.8 Å². The van der Waals surface area contributed by atoms with E-state index in [0.29, 0.717) is 19.0 Å². The van der Waals surface area contributed by atoms with Gasteiger partial charge in [-0.3, -0.25) is 4.79 Å².